The quantitative estimate of drug-likeness (QED) is 0.501. The van der Waals surface area contributed by atoms with Crippen molar-refractivity contribution in [1.82, 2.24) is 15.5 Å². The molecule has 1 aromatic heterocycles. The molecule has 0 saturated carbocycles. The number of carbonyl (C=O) groups excluding carboxylic acids is 1. The number of nitrogens with one attached hydrogen (secondary N) is 1. The fourth-order valence-corrected chi connectivity index (χ4v) is 3.46. The number of fused-ring (bicyclic) bond motifs is 1. The van der Waals surface area contributed by atoms with Crippen LogP contribution in [0.3, 0.4) is 0 Å². The average Bonchev–Trinajstić information content (AvgIpc) is 2.78. The molecule has 3 aromatic carbocycles. The minimum atomic E-state index is -0.189. The number of aromatic nitrogens is 2. The highest BCUT2D eigenvalue weighted by Gasteiger charge is 2.19. The molecule has 0 saturated heterocycles. The molecule has 1 amide bonds. The predicted octanol–water partition coefficient (Wildman–Crippen LogP) is 4.93. The van der Waals surface area contributed by atoms with Crippen LogP contribution in [0.4, 0.5) is 0 Å². The summed E-state index contributed by atoms with van der Waals surface area (Å²) in [4.78, 5) is 13.4. The number of rotatable bonds is 6. The van der Waals surface area contributed by atoms with Gasteiger partial charge in [0.1, 0.15) is 11.4 Å². The van der Waals surface area contributed by atoms with E-state index in [1.807, 2.05) is 86.6 Å². The van der Waals surface area contributed by atoms with E-state index in [9.17, 15) is 4.79 Å². The van der Waals surface area contributed by atoms with E-state index in [0.717, 1.165) is 27.8 Å². The molecule has 0 bridgehead atoms. The zero-order valence-electron chi connectivity index (χ0n) is 17.1. The van der Waals surface area contributed by atoms with E-state index in [1.54, 1.807) is 0 Å². The Morgan fingerprint density at radius 3 is 2.53 bits per heavy atom. The Morgan fingerprint density at radius 2 is 1.73 bits per heavy atom. The normalized spacial score (nSPS) is 10.7. The third-order valence-electron chi connectivity index (χ3n) is 4.90. The molecule has 0 spiro atoms. The summed E-state index contributed by atoms with van der Waals surface area (Å²) >= 11 is 0. The number of para-hydroxylation sites is 1. The molecule has 4 aromatic rings. The van der Waals surface area contributed by atoms with Crippen LogP contribution in [0, 0.1) is 6.92 Å². The van der Waals surface area contributed by atoms with E-state index >= 15 is 0 Å². The van der Waals surface area contributed by atoms with Gasteiger partial charge in [0.25, 0.3) is 5.91 Å². The molecule has 4 rings (SSSR count). The van der Waals surface area contributed by atoms with E-state index in [4.69, 9.17) is 4.74 Å². The predicted molar refractivity (Wildman–Crippen MR) is 118 cm³/mol. The Balaban J connectivity index is 1.75. The zero-order valence-corrected chi connectivity index (χ0v) is 17.1. The third kappa shape index (κ3) is 4.01. The molecule has 0 radical (unpaired) electrons. The third-order valence-corrected chi connectivity index (χ3v) is 4.90. The standard InChI is InChI=1S/C25H23N3O2/c1-3-30-22-12-8-7-11-19(22)16-26-25(29)23-20-15-17(2)13-14-21(20)27-28-24(23)18-9-5-4-6-10-18/h4-15H,3,16H2,1-2H3,(H,26,29). The second-order valence-electron chi connectivity index (χ2n) is 7.03. The Hall–Kier alpha value is -3.73. The monoisotopic (exact) mass is 397 g/mol. The van der Waals surface area contributed by atoms with E-state index in [-0.39, 0.29) is 5.91 Å². The van der Waals surface area contributed by atoms with Gasteiger partial charge in [-0.05, 0) is 32.0 Å². The van der Waals surface area contributed by atoms with E-state index in [1.165, 1.54) is 0 Å². The maximum atomic E-state index is 13.4. The van der Waals surface area contributed by atoms with Crippen LogP contribution in [0.15, 0.2) is 72.8 Å². The van der Waals surface area contributed by atoms with Crippen molar-refractivity contribution in [1.29, 1.82) is 0 Å². The van der Waals surface area contributed by atoms with Crippen molar-refractivity contribution in [3.63, 3.8) is 0 Å². The highest BCUT2D eigenvalue weighted by atomic mass is 16.5. The summed E-state index contributed by atoms with van der Waals surface area (Å²) in [6, 6.07) is 23.2. The Kier molecular flexibility index (Phi) is 5.70. The Bertz CT molecular complexity index is 1190. The maximum Gasteiger partial charge on any atom is 0.254 e. The van der Waals surface area contributed by atoms with Gasteiger partial charge in [-0.25, -0.2) is 0 Å². The van der Waals surface area contributed by atoms with Crippen molar-refractivity contribution in [3.05, 3.63) is 89.5 Å². The van der Waals surface area contributed by atoms with Crippen LogP contribution >= 0.6 is 0 Å². The first-order valence-corrected chi connectivity index (χ1v) is 9.98. The SMILES string of the molecule is CCOc1ccccc1CNC(=O)c1c(-c2ccccc2)nnc2ccc(C)cc12. The lowest BCUT2D eigenvalue weighted by atomic mass is 10.00. The first-order valence-electron chi connectivity index (χ1n) is 9.98. The molecule has 0 aliphatic heterocycles. The number of amides is 1. The highest BCUT2D eigenvalue weighted by molar-refractivity contribution is 6.10. The first kappa shape index (κ1) is 19.6. The van der Waals surface area contributed by atoms with Gasteiger partial charge < -0.3 is 10.1 Å². The summed E-state index contributed by atoms with van der Waals surface area (Å²) < 4.78 is 5.68. The van der Waals surface area contributed by atoms with Gasteiger partial charge >= 0.3 is 0 Å². The Morgan fingerprint density at radius 1 is 0.967 bits per heavy atom. The molecule has 0 aliphatic rings. The molecule has 0 unspecified atom stereocenters. The number of carbonyl (C=O) groups is 1. The van der Waals surface area contributed by atoms with Crippen molar-refractivity contribution in [2.45, 2.75) is 20.4 Å². The minimum Gasteiger partial charge on any atom is -0.494 e. The summed E-state index contributed by atoms with van der Waals surface area (Å²) in [5.41, 5.74) is 4.64. The largest absolute Gasteiger partial charge is 0.494 e. The lowest BCUT2D eigenvalue weighted by Crippen LogP contribution is -2.24. The van der Waals surface area contributed by atoms with Crippen LogP contribution in [0.5, 0.6) is 5.75 Å². The van der Waals surface area contributed by atoms with Crippen molar-refractivity contribution >= 4 is 16.8 Å². The first-order chi connectivity index (χ1) is 14.7. The fourth-order valence-electron chi connectivity index (χ4n) is 3.46. The summed E-state index contributed by atoms with van der Waals surface area (Å²) in [6.07, 6.45) is 0. The molecule has 1 N–H and O–H groups in total. The second-order valence-corrected chi connectivity index (χ2v) is 7.03. The molecule has 150 valence electrons. The number of hydrogen-bond acceptors (Lipinski definition) is 4. The number of benzene rings is 3. The van der Waals surface area contributed by atoms with Crippen molar-refractivity contribution in [3.8, 4) is 17.0 Å². The molecule has 1 heterocycles. The summed E-state index contributed by atoms with van der Waals surface area (Å²) in [6.45, 7) is 4.88. The topological polar surface area (TPSA) is 64.1 Å². The van der Waals surface area contributed by atoms with Crippen molar-refractivity contribution in [2.24, 2.45) is 0 Å². The fraction of sp³-hybridized carbons (Fsp3) is 0.160. The highest BCUT2D eigenvalue weighted by Crippen LogP contribution is 2.28. The minimum absolute atomic E-state index is 0.189. The molecule has 0 aliphatic carbocycles. The van der Waals surface area contributed by atoms with Gasteiger partial charge in [-0.15, -0.1) is 10.2 Å². The van der Waals surface area contributed by atoms with E-state index in [0.29, 0.717) is 29.9 Å². The number of ether oxygens (including phenoxy) is 1. The molecular formula is C25H23N3O2. The molecule has 30 heavy (non-hydrogen) atoms. The van der Waals surface area contributed by atoms with Gasteiger partial charge in [0, 0.05) is 23.1 Å². The smallest absolute Gasteiger partial charge is 0.254 e. The van der Waals surface area contributed by atoms with E-state index in [2.05, 4.69) is 15.5 Å². The van der Waals surface area contributed by atoms with Gasteiger partial charge in [-0.1, -0.05) is 60.2 Å². The number of nitrogens with zero attached hydrogens (tertiary/aromatic N) is 2. The average molecular weight is 397 g/mol. The number of aryl methyl sites for hydroxylation is 1. The van der Waals surface area contributed by atoms with Gasteiger partial charge in [0.05, 0.1) is 17.7 Å². The summed E-state index contributed by atoms with van der Waals surface area (Å²) in [5, 5.41) is 12.6. The molecule has 0 atom stereocenters. The maximum absolute atomic E-state index is 13.4. The van der Waals surface area contributed by atoms with Crippen molar-refractivity contribution in [2.75, 3.05) is 6.61 Å². The van der Waals surface area contributed by atoms with Crippen LogP contribution in [-0.4, -0.2) is 22.7 Å². The summed E-state index contributed by atoms with van der Waals surface area (Å²) in [5.74, 6) is 0.586. The lowest BCUT2D eigenvalue weighted by molar-refractivity contribution is 0.0952. The van der Waals surface area contributed by atoms with Gasteiger partial charge in [-0.2, -0.15) is 0 Å². The Labute approximate surface area is 175 Å². The van der Waals surface area contributed by atoms with Gasteiger partial charge in [-0.3, -0.25) is 4.79 Å². The van der Waals surface area contributed by atoms with Crippen LogP contribution in [-0.2, 0) is 6.54 Å². The second kappa shape index (κ2) is 8.74. The van der Waals surface area contributed by atoms with Crippen LogP contribution in [0.2, 0.25) is 0 Å². The van der Waals surface area contributed by atoms with E-state index < -0.39 is 0 Å². The molecular weight excluding hydrogens is 374 g/mol. The van der Waals surface area contributed by atoms with Crippen LogP contribution < -0.4 is 10.1 Å². The molecule has 5 heteroatoms. The molecule has 0 fully saturated rings. The van der Waals surface area contributed by atoms with Crippen LogP contribution in [0.25, 0.3) is 22.2 Å². The zero-order chi connectivity index (χ0) is 20.9. The summed E-state index contributed by atoms with van der Waals surface area (Å²) in [7, 11) is 0. The van der Waals surface area contributed by atoms with Gasteiger partial charge in [0.2, 0.25) is 0 Å². The molecule has 5 nitrogen and oxygen atoms in total. The number of hydrogen-bond donors (Lipinski definition) is 1. The van der Waals surface area contributed by atoms with Gasteiger partial charge in [0.15, 0.2) is 0 Å². The lowest BCUT2D eigenvalue weighted by Gasteiger charge is -2.14. The van der Waals surface area contributed by atoms with Crippen molar-refractivity contribution < 1.29 is 9.53 Å². The van der Waals surface area contributed by atoms with Crippen LogP contribution in [0.1, 0.15) is 28.4 Å².